The third kappa shape index (κ3) is 4.41. The Morgan fingerprint density at radius 3 is 2.17 bits per heavy atom. The number of nitrogens with two attached hydrogens (primary N) is 1. The molecule has 18 heavy (non-hydrogen) atoms. The van der Waals surface area contributed by atoms with E-state index in [0.717, 1.165) is 6.08 Å². The largest absolute Gasteiger partial charge is 0.457 e. The van der Waals surface area contributed by atoms with Crippen molar-refractivity contribution < 1.29 is 14.3 Å². The smallest absolute Gasteiger partial charge is 0.332 e. The Balaban J connectivity index is 3.00. The van der Waals surface area contributed by atoms with Gasteiger partial charge in [-0.25, -0.2) is 4.79 Å². The predicted molar refractivity (Wildman–Crippen MR) is 69.5 cm³/mol. The first kappa shape index (κ1) is 14.0. The molecule has 0 bridgehead atoms. The summed E-state index contributed by atoms with van der Waals surface area (Å²) in [5.74, 6) is -1.24. The van der Waals surface area contributed by atoms with E-state index in [1.807, 2.05) is 6.07 Å². The van der Waals surface area contributed by atoms with Gasteiger partial charge in [-0.3, -0.25) is 4.79 Å². The van der Waals surface area contributed by atoms with E-state index in [2.05, 4.69) is 0 Å². The van der Waals surface area contributed by atoms with Crippen LogP contribution in [0.1, 0.15) is 26.3 Å². The summed E-state index contributed by atoms with van der Waals surface area (Å²) >= 11 is 0. The Morgan fingerprint density at radius 1 is 1.17 bits per heavy atom. The Morgan fingerprint density at radius 2 is 1.72 bits per heavy atom. The average molecular weight is 247 g/mol. The van der Waals surface area contributed by atoms with Gasteiger partial charge in [-0.05, 0) is 26.3 Å². The standard InChI is InChI=1S/C14H17NO3/c1-14(2,3)18-12(16)9-11(13(15)17)10-7-5-4-6-8-10/h4-9H,1-3H3,(H2,15,17). The molecule has 1 amide bonds. The molecule has 2 N–H and O–H groups in total. The molecule has 0 aliphatic heterocycles. The molecule has 0 unspecified atom stereocenters. The summed E-state index contributed by atoms with van der Waals surface area (Å²) in [6.45, 7) is 5.27. The molecule has 0 radical (unpaired) electrons. The lowest BCUT2D eigenvalue weighted by Gasteiger charge is -2.18. The highest BCUT2D eigenvalue weighted by molar-refractivity contribution is 6.22. The fourth-order valence-corrected chi connectivity index (χ4v) is 1.36. The third-order valence-electron chi connectivity index (χ3n) is 2.02. The topological polar surface area (TPSA) is 69.4 Å². The van der Waals surface area contributed by atoms with Crippen molar-refractivity contribution in [1.82, 2.24) is 0 Å². The third-order valence-corrected chi connectivity index (χ3v) is 2.02. The first-order valence-corrected chi connectivity index (χ1v) is 5.59. The number of benzene rings is 1. The second-order valence-corrected chi connectivity index (χ2v) is 4.82. The van der Waals surface area contributed by atoms with Gasteiger partial charge in [0.15, 0.2) is 0 Å². The van der Waals surface area contributed by atoms with Crippen LogP contribution in [0.3, 0.4) is 0 Å². The minimum atomic E-state index is -0.660. The molecule has 0 spiro atoms. The van der Waals surface area contributed by atoms with E-state index in [1.54, 1.807) is 45.0 Å². The molecule has 96 valence electrons. The zero-order valence-corrected chi connectivity index (χ0v) is 10.8. The average Bonchev–Trinajstić information content (AvgIpc) is 2.24. The number of hydrogen-bond donors (Lipinski definition) is 1. The monoisotopic (exact) mass is 247 g/mol. The molecule has 0 saturated heterocycles. The van der Waals surface area contributed by atoms with Gasteiger partial charge in [-0.1, -0.05) is 30.3 Å². The predicted octanol–water partition coefficient (Wildman–Crippen LogP) is 1.90. The van der Waals surface area contributed by atoms with Crippen molar-refractivity contribution in [3.05, 3.63) is 42.0 Å². The van der Waals surface area contributed by atoms with Crippen molar-refractivity contribution in [2.75, 3.05) is 0 Å². The van der Waals surface area contributed by atoms with Crippen LogP contribution < -0.4 is 5.73 Å². The summed E-state index contributed by atoms with van der Waals surface area (Å²) < 4.78 is 5.12. The molecular weight excluding hydrogens is 230 g/mol. The Bertz CT molecular complexity index is 470. The highest BCUT2D eigenvalue weighted by Gasteiger charge is 2.17. The van der Waals surface area contributed by atoms with Crippen LogP contribution in [0.5, 0.6) is 0 Å². The number of esters is 1. The van der Waals surface area contributed by atoms with E-state index in [-0.39, 0.29) is 5.57 Å². The first-order valence-electron chi connectivity index (χ1n) is 5.59. The number of primary amides is 1. The number of ether oxygens (including phenoxy) is 1. The van der Waals surface area contributed by atoms with Gasteiger partial charge in [-0.2, -0.15) is 0 Å². The molecule has 0 aliphatic rings. The Kier molecular flexibility index (Phi) is 4.26. The van der Waals surface area contributed by atoms with Crippen molar-refractivity contribution in [2.45, 2.75) is 26.4 Å². The summed E-state index contributed by atoms with van der Waals surface area (Å²) in [6.07, 6.45) is 1.13. The highest BCUT2D eigenvalue weighted by Crippen LogP contribution is 2.15. The number of rotatable bonds is 3. The molecular formula is C14H17NO3. The number of hydrogen-bond acceptors (Lipinski definition) is 3. The summed E-state index contributed by atoms with van der Waals surface area (Å²) in [5, 5.41) is 0. The minimum absolute atomic E-state index is 0.143. The zero-order valence-electron chi connectivity index (χ0n) is 10.8. The van der Waals surface area contributed by atoms with E-state index in [9.17, 15) is 9.59 Å². The quantitative estimate of drug-likeness (QED) is 0.655. The maximum Gasteiger partial charge on any atom is 0.332 e. The van der Waals surface area contributed by atoms with E-state index >= 15 is 0 Å². The highest BCUT2D eigenvalue weighted by atomic mass is 16.6. The van der Waals surface area contributed by atoms with Gasteiger partial charge in [0.25, 0.3) is 0 Å². The van der Waals surface area contributed by atoms with Crippen molar-refractivity contribution in [3.63, 3.8) is 0 Å². The molecule has 0 aromatic heterocycles. The first-order chi connectivity index (χ1) is 8.29. The SMILES string of the molecule is CC(C)(C)OC(=O)C=C(C(N)=O)c1ccccc1. The van der Waals surface area contributed by atoms with Gasteiger partial charge in [0.05, 0.1) is 5.57 Å². The van der Waals surface area contributed by atoms with Crippen molar-refractivity contribution in [2.24, 2.45) is 5.73 Å². The summed E-state index contributed by atoms with van der Waals surface area (Å²) in [6, 6.07) is 8.76. The molecule has 1 rings (SSSR count). The van der Waals surface area contributed by atoms with Gasteiger partial charge in [0.1, 0.15) is 5.60 Å². The summed E-state index contributed by atoms with van der Waals surface area (Å²) in [7, 11) is 0. The lowest BCUT2D eigenvalue weighted by molar-refractivity contribution is -0.148. The fraction of sp³-hybridized carbons (Fsp3) is 0.286. The van der Waals surface area contributed by atoms with Crippen LogP contribution in [0.25, 0.3) is 5.57 Å². The molecule has 1 aromatic carbocycles. The molecule has 4 nitrogen and oxygen atoms in total. The van der Waals surface area contributed by atoms with Gasteiger partial charge in [0, 0.05) is 6.08 Å². The zero-order chi connectivity index (χ0) is 13.8. The van der Waals surface area contributed by atoms with Gasteiger partial charge in [-0.15, -0.1) is 0 Å². The second kappa shape index (κ2) is 5.49. The van der Waals surface area contributed by atoms with Crippen molar-refractivity contribution >= 4 is 17.4 Å². The second-order valence-electron chi connectivity index (χ2n) is 4.82. The summed E-state index contributed by atoms with van der Waals surface area (Å²) in [5.41, 5.74) is 5.40. The fourth-order valence-electron chi connectivity index (χ4n) is 1.36. The number of carbonyl (C=O) groups excluding carboxylic acids is 2. The van der Waals surface area contributed by atoms with E-state index in [4.69, 9.17) is 10.5 Å². The van der Waals surface area contributed by atoms with Crippen LogP contribution in [-0.4, -0.2) is 17.5 Å². The Hall–Kier alpha value is -2.10. The van der Waals surface area contributed by atoms with Crippen molar-refractivity contribution in [1.29, 1.82) is 0 Å². The van der Waals surface area contributed by atoms with E-state index in [1.165, 1.54) is 0 Å². The molecule has 0 heterocycles. The van der Waals surface area contributed by atoms with Crippen LogP contribution in [-0.2, 0) is 14.3 Å². The lowest BCUT2D eigenvalue weighted by Crippen LogP contribution is -2.23. The number of amides is 1. The Labute approximate surface area is 106 Å². The lowest BCUT2D eigenvalue weighted by atomic mass is 10.1. The normalized spacial score (nSPS) is 12.1. The molecule has 0 saturated carbocycles. The molecule has 0 fully saturated rings. The van der Waals surface area contributed by atoms with Crippen LogP contribution in [0.4, 0.5) is 0 Å². The van der Waals surface area contributed by atoms with Crippen LogP contribution in [0.2, 0.25) is 0 Å². The van der Waals surface area contributed by atoms with Crippen LogP contribution >= 0.6 is 0 Å². The molecule has 1 aromatic rings. The van der Waals surface area contributed by atoms with Crippen LogP contribution in [0, 0.1) is 0 Å². The number of carbonyl (C=O) groups is 2. The van der Waals surface area contributed by atoms with Crippen LogP contribution in [0.15, 0.2) is 36.4 Å². The van der Waals surface area contributed by atoms with Crippen molar-refractivity contribution in [3.8, 4) is 0 Å². The maximum absolute atomic E-state index is 11.6. The van der Waals surface area contributed by atoms with E-state index < -0.39 is 17.5 Å². The maximum atomic E-state index is 11.6. The van der Waals surface area contributed by atoms with Gasteiger partial charge >= 0.3 is 5.97 Å². The minimum Gasteiger partial charge on any atom is -0.457 e. The molecule has 0 aliphatic carbocycles. The molecule has 0 atom stereocenters. The van der Waals surface area contributed by atoms with Gasteiger partial charge < -0.3 is 10.5 Å². The molecule has 4 heteroatoms. The summed E-state index contributed by atoms with van der Waals surface area (Å²) in [4.78, 5) is 23.0. The van der Waals surface area contributed by atoms with Gasteiger partial charge in [0.2, 0.25) is 5.91 Å². The van der Waals surface area contributed by atoms with E-state index in [0.29, 0.717) is 5.56 Å².